The molecule has 3 rings (SSSR count). The second kappa shape index (κ2) is 12.5. The molecule has 1 aromatic heterocycles. The molecule has 0 spiro atoms. The molecule has 2 heterocycles. The Kier molecular flexibility index (Phi) is 9.43. The van der Waals surface area contributed by atoms with Crippen LogP contribution in [0.25, 0.3) is 10.9 Å². The highest BCUT2D eigenvalue weighted by molar-refractivity contribution is 5.95. The molecule has 8 N–H and O–H groups in total. The maximum atomic E-state index is 13.5. The summed E-state index contributed by atoms with van der Waals surface area (Å²) >= 11 is 0. The lowest BCUT2D eigenvalue weighted by Gasteiger charge is -2.28. The van der Waals surface area contributed by atoms with Gasteiger partial charge in [-0.2, -0.15) is 0 Å². The number of amides is 3. The highest BCUT2D eigenvalue weighted by Gasteiger charge is 2.38. The third-order valence-corrected chi connectivity index (χ3v) is 6.59. The third kappa shape index (κ3) is 6.61. The molecular formula is C25H36N6O5. The third-order valence-electron chi connectivity index (χ3n) is 6.59. The Labute approximate surface area is 210 Å². The molecule has 0 saturated carbocycles. The zero-order valence-electron chi connectivity index (χ0n) is 20.5. The van der Waals surface area contributed by atoms with E-state index in [1.807, 2.05) is 24.3 Å². The van der Waals surface area contributed by atoms with Gasteiger partial charge in [-0.3, -0.25) is 14.4 Å². The van der Waals surface area contributed by atoms with Gasteiger partial charge in [0, 0.05) is 30.1 Å². The predicted octanol–water partition coefficient (Wildman–Crippen LogP) is 0.232. The SMILES string of the molecule is CC(NC(=O)C(N)CCCCN)C(=O)NC(Cc1c[nH]c2ccccc12)C(=O)N1CCCC1C(=O)O. The van der Waals surface area contributed by atoms with Crippen LogP contribution in [0.4, 0.5) is 0 Å². The second-order valence-electron chi connectivity index (χ2n) is 9.27. The van der Waals surface area contributed by atoms with E-state index in [0.717, 1.165) is 22.9 Å². The number of nitrogens with one attached hydrogen (secondary N) is 3. The predicted molar refractivity (Wildman–Crippen MR) is 135 cm³/mol. The summed E-state index contributed by atoms with van der Waals surface area (Å²) in [5.74, 6) is -2.54. The van der Waals surface area contributed by atoms with Crippen LogP contribution in [0.15, 0.2) is 30.5 Å². The number of likely N-dealkylation sites (tertiary alicyclic amines) is 1. The van der Waals surface area contributed by atoms with E-state index in [9.17, 15) is 24.3 Å². The lowest BCUT2D eigenvalue weighted by Crippen LogP contribution is -2.57. The van der Waals surface area contributed by atoms with Crippen LogP contribution in [0, 0.1) is 0 Å². The zero-order chi connectivity index (χ0) is 26.2. The lowest BCUT2D eigenvalue weighted by molar-refractivity contribution is -0.149. The molecule has 1 aliphatic heterocycles. The van der Waals surface area contributed by atoms with Crippen molar-refractivity contribution in [2.45, 2.75) is 69.6 Å². The summed E-state index contributed by atoms with van der Waals surface area (Å²) in [7, 11) is 0. The average Bonchev–Trinajstić information content (AvgIpc) is 3.51. The molecule has 1 aliphatic rings. The van der Waals surface area contributed by atoms with Gasteiger partial charge in [-0.15, -0.1) is 0 Å². The van der Waals surface area contributed by atoms with Crippen LogP contribution in [-0.2, 0) is 25.6 Å². The fourth-order valence-corrected chi connectivity index (χ4v) is 4.53. The first kappa shape index (κ1) is 27.2. The van der Waals surface area contributed by atoms with Crippen molar-refractivity contribution in [2.24, 2.45) is 11.5 Å². The molecule has 0 radical (unpaired) electrons. The van der Waals surface area contributed by atoms with Crippen molar-refractivity contribution in [3.8, 4) is 0 Å². The van der Waals surface area contributed by atoms with Crippen LogP contribution in [-0.4, -0.2) is 75.9 Å². The van der Waals surface area contributed by atoms with E-state index in [2.05, 4.69) is 15.6 Å². The van der Waals surface area contributed by atoms with Crippen molar-refractivity contribution in [3.63, 3.8) is 0 Å². The minimum Gasteiger partial charge on any atom is -0.480 e. The van der Waals surface area contributed by atoms with Crippen LogP contribution in [0.1, 0.15) is 44.6 Å². The van der Waals surface area contributed by atoms with Crippen molar-refractivity contribution >= 4 is 34.6 Å². The van der Waals surface area contributed by atoms with E-state index < -0.39 is 47.9 Å². The second-order valence-corrected chi connectivity index (χ2v) is 9.27. The van der Waals surface area contributed by atoms with Crippen molar-refractivity contribution in [1.82, 2.24) is 20.5 Å². The Morgan fingerprint density at radius 1 is 1.17 bits per heavy atom. The molecule has 1 aromatic carbocycles. The van der Waals surface area contributed by atoms with E-state index in [1.54, 1.807) is 6.20 Å². The topological polar surface area (TPSA) is 184 Å². The zero-order valence-corrected chi connectivity index (χ0v) is 20.5. The fraction of sp³-hybridized carbons (Fsp3) is 0.520. The Hall–Kier alpha value is -3.44. The van der Waals surface area contributed by atoms with Crippen molar-refractivity contribution in [3.05, 3.63) is 36.0 Å². The number of carboxylic acid groups (broad SMARTS) is 1. The summed E-state index contributed by atoms with van der Waals surface area (Å²) in [6.07, 6.45) is 4.78. The molecule has 36 heavy (non-hydrogen) atoms. The summed E-state index contributed by atoms with van der Waals surface area (Å²) in [6.45, 7) is 2.34. The van der Waals surface area contributed by atoms with Gasteiger partial charge >= 0.3 is 5.97 Å². The van der Waals surface area contributed by atoms with Gasteiger partial charge in [-0.25, -0.2) is 4.79 Å². The molecule has 11 heteroatoms. The summed E-state index contributed by atoms with van der Waals surface area (Å²) in [6, 6.07) is 3.95. The number of aromatic amines is 1. The Morgan fingerprint density at radius 3 is 2.64 bits per heavy atom. The Balaban J connectivity index is 1.74. The first-order valence-corrected chi connectivity index (χ1v) is 12.4. The van der Waals surface area contributed by atoms with Crippen molar-refractivity contribution < 1.29 is 24.3 Å². The number of rotatable bonds is 12. The molecule has 1 fully saturated rings. The highest BCUT2D eigenvalue weighted by Crippen LogP contribution is 2.23. The molecule has 4 unspecified atom stereocenters. The first-order chi connectivity index (χ1) is 17.2. The van der Waals surface area contributed by atoms with E-state index >= 15 is 0 Å². The molecule has 2 aromatic rings. The average molecular weight is 501 g/mol. The van der Waals surface area contributed by atoms with Gasteiger partial charge in [0.2, 0.25) is 17.7 Å². The summed E-state index contributed by atoms with van der Waals surface area (Å²) in [5, 5.41) is 15.8. The Morgan fingerprint density at radius 2 is 1.92 bits per heavy atom. The molecular weight excluding hydrogens is 464 g/mol. The molecule has 0 bridgehead atoms. The van der Waals surface area contributed by atoms with Gasteiger partial charge in [0.15, 0.2) is 0 Å². The minimum atomic E-state index is -1.07. The maximum Gasteiger partial charge on any atom is 0.326 e. The minimum absolute atomic E-state index is 0.163. The number of fused-ring (bicyclic) bond motifs is 1. The van der Waals surface area contributed by atoms with E-state index in [1.165, 1.54) is 11.8 Å². The first-order valence-electron chi connectivity index (χ1n) is 12.4. The standard InChI is InChI=1S/C25H36N6O5/c1-15(29-23(33)18(27)8-4-5-11-26)22(32)30-20(24(34)31-12-6-10-21(31)25(35)36)13-16-14-28-19-9-3-2-7-17(16)19/h2-3,7,9,14-15,18,20-21,28H,4-6,8,10-13,26-27H2,1H3,(H,29,33)(H,30,32)(H,35,36). The summed E-state index contributed by atoms with van der Waals surface area (Å²) in [4.78, 5) is 55.1. The van der Waals surface area contributed by atoms with Crippen LogP contribution in [0.3, 0.4) is 0 Å². The number of carboxylic acids is 1. The number of nitrogens with two attached hydrogens (primary N) is 2. The van der Waals surface area contributed by atoms with E-state index in [0.29, 0.717) is 38.8 Å². The van der Waals surface area contributed by atoms with Gasteiger partial charge in [0.1, 0.15) is 18.1 Å². The van der Waals surface area contributed by atoms with Crippen molar-refractivity contribution in [2.75, 3.05) is 13.1 Å². The molecule has 196 valence electrons. The normalized spacial score (nSPS) is 18.0. The summed E-state index contributed by atoms with van der Waals surface area (Å²) in [5.41, 5.74) is 13.1. The quantitative estimate of drug-likeness (QED) is 0.225. The number of hydrogen-bond donors (Lipinski definition) is 6. The van der Waals surface area contributed by atoms with Crippen LogP contribution >= 0.6 is 0 Å². The number of para-hydroxylation sites is 1. The number of nitrogens with zero attached hydrogens (tertiary/aromatic N) is 1. The van der Waals surface area contributed by atoms with Crippen LogP contribution in [0.2, 0.25) is 0 Å². The van der Waals surface area contributed by atoms with Gasteiger partial charge < -0.3 is 37.1 Å². The number of unbranched alkanes of at least 4 members (excludes halogenated alkanes) is 1. The molecule has 3 amide bonds. The molecule has 0 aliphatic carbocycles. The largest absolute Gasteiger partial charge is 0.480 e. The van der Waals surface area contributed by atoms with Crippen molar-refractivity contribution in [1.29, 1.82) is 0 Å². The number of H-pyrrole nitrogens is 1. The number of aromatic nitrogens is 1. The summed E-state index contributed by atoms with van der Waals surface area (Å²) < 4.78 is 0. The number of carbonyl (C=O) groups is 4. The number of hydrogen-bond acceptors (Lipinski definition) is 6. The lowest BCUT2D eigenvalue weighted by atomic mass is 10.0. The number of carbonyl (C=O) groups excluding carboxylic acids is 3. The number of aliphatic carboxylic acids is 1. The molecule has 4 atom stereocenters. The van der Waals surface area contributed by atoms with Gasteiger partial charge in [0.25, 0.3) is 0 Å². The van der Waals surface area contributed by atoms with Crippen LogP contribution in [0.5, 0.6) is 0 Å². The maximum absolute atomic E-state index is 13.5. The fourth-order valence-electron chi connectivity index (χ4n) is 4.53. The smallest absolute Gasteiger partial charge is 0.326 e. The monoisotopic (exact) mass is 500 g/mol. The van der Waals surface area contributed by atoms with Gasteiger partial charge in [0.05, 0.1) is 6.04 Å². The Bertz CT molecular complexity index is 1090. The van der Waals surface area contributed by atoms with E-state index in [-0.39, 0.29) is 6.42 Å². The molecule has 11 nitrogen and oxygen atoms in total. The van der Waals surface area contributed by atoms with Gasteiger partial charge in [-0.1, -0.05) is 24.6 Å². The van der Waals surface area contributed by atoms with E-state index in [4.69, 9.17) is 11.5 Å². The van der Waals surface area contributed by atoms with Gasteiger partial charge in [-0.05, 0) is 50.8 Å². The van der Waals surface area contributed by atoms with Crippen LogP contribution < -0.4 is 22.1 Å². The highest BCUT2D eigenvalue weighted by atomic mass is 16.4. The number of benzene rings is 1. The molecule has 1 saturated heterocycles.